The van der Waals surface area contributed by atoms with Crippen molar-refractivity contribution in [1.29, 1.82) is 0 Å². The van der Waals surface area contributed by atoms with Crippen molar-refractivity contribution in [3.05, 3.63) is 24.3 Å². The first-order valence-corrected chi connectivity index (χ1v) is 10.7. The van der Waals surface area contributed by atoms with E-state index in [1.807, 2.05) is 0 Å². The summed E-state index contributed by atoms with van der Waals surface area (Å²) in [4.78, 5) is 0.287. The first-order valence-electron chi connectivity index (χ1n) is 9.24. The number of rotatable bonds is 14. The molecular weight excluding hydrogens is 322 g/mol. The topological polar surface area (TPSA) is 55.4 Å². The zero-order chi connectivity index (χ0) is 17.7. The average molecular weight is 356 g/mol. The fourth-order valence-electron chi connectivity index (χ4n) is 2.66. The lowest BCUT2D eigenvalue weighted by Gasteiger charge is -2.07. The van der Waals surface area contributed by atoms with Gasteiger partial charge in [-0.15, -0.1) is 0 Å². The van der Waals surface area contributed by atoms with Crippen LogP contribution in [0.3, 0.4) is 0 Å². The van der Waals surface area contributed by atoms with Gasteiger partial charge in [0.15, 0.2) is 0 Å². The summed E-state index contributed by atoms with van der Waals surface area (Å²) in [7, 11) is -1.84. The van der Waals surface area contributed by atoms with Gasteiger partial charge in [0.1, 0.15) is 5.75 Å². The average Bonchev–Trinajstić information content (AvgIpc) is 2.59. The van der Waals surface area contributed by atoms with Crippen molar-refractivity contribution in [3.8, 4) is 5.75 Å². The molecule has 0 amide bonds. The van der Waals surface area contributed by atoms with Gasteiger partial charge in [-0.3, -0.25) is 0 Å². The molecule has 0 radical (unpaired) electrons. The minimum Gasteiger partial charge on any atom is -0.497 e. The molecule has 24 heavy (non-hydrogen) atoms. The minimum absolute atomic E-state index is 0.287. The third-order valence-corrected chi connectivity index (χ3v) is 5.67. The van der Waals surface area contributed by atoms with E-state index in [9.17, 15) is 8.42 Å². The van der Waals surface area contributed by atoms with E-state index in [-0.39, 0.29) is 4.90 Å². The molecular formula is C19H33NO3S. The standard InChI is InChI=1S/C19H33NO3S/c1-3-4-5-6-7-8-9-10-11-12-17-20-24(21,22)19-15-13-18(23-2)14-16-19/h13-16,20H,3-12,17H2,1-2H3. The Kier molecular flexibility index (Phi) is 10.8. The molecule has 0 atom stereocenters. The van der Waals surface area contributed by atoms with Crippen molar-refractivity contribution in [2.75, 3.05) is 13.7 Å². The summed E-state index contributed by atoms with van der Waals surface area (Å²) in [5.74, 6) is 0.656. The van der Waals surface area contributed by atoms with E-state index in [4.69, 9.17) is 4.74 Å². The Morgan fingerprint density at radius 1 is 0.833 bits per heavy atom. The molecule has 0 saturated carbocycles. The van der Waals surface area contributed by atoms with E-state index in [1.165, 1.54) is 51.4 Å². The van der Waals surface area contributed by atoms with Crippen molar-refractivity contribution in [3.63, 3.8) is 0 Å². The molecule has 1 rings (SSSR count). The summed E-state index contributed by atoms with van der Waals surface area (Å²) in [6, 6.07) is 6.46. The second-order valence-corrected chi connectivity index (χ2v) is 8.02. The highest BCUT2D eigenvalue weighted by molar-refractivity contribution is 7.89. The second-order valence-electron chi connectivity index (χ2n) is 6.26. The molecule has 0 heterocycles. The van der Waals surface area contributed by atoms with Gasteiger partial charge in [0, 0.05) is 6.54 Å². The van der Waals surface area contributed by atoms with Gasteiger partial charge in [0.25, 0.3) is 0 Å². The molecule has 0 bridgehead atoms. The highest BCUT2D eigenvalue weighted by atomic mass is 32.2. The van der Waals surface area contributed by atoms with Gasteiger partial charge in [-0.1, -0.05) is 64.7 Å². The molecule has 1 N–H and O–H groups in total. The largest absolute Gasteiger partial charge is 0.497 e. The molecule has 0 aliphatic carbocycles. The number of unbranched alkanes of at least 4 members (excludes halogenated alkanes) is 9. The van der Waals surface area contributed by atoms with Crippen molar-refractivity contribution in [2.24, 2.45) is 0 Å². The van der Waals surface area contributed by atoms with Gasteiger partial charge in [-0.05, 0) is 30.7 Å². The van der Waals surface area contributed by atoms with Gasteiger partial charge in [0.05, 0.1) is 12.0 Å². The molecule has 1 aromatic carbocycles. The summed E-state index contributed by atoms with van der Waals surface area (Å²) < 4.78 is 32.0. The Morgan fingerprint density at radius 3 is 1.83 bits per heavy atom. The Hall–Kier alpha value is -1.07. The maximum absolute atomic E-state index is 12.1. The summed E-state index contributed by atoms with van der Waals surface area (Å²) >= 11 is 0. The summed E-state index contributed by atoms with van der Waals surface area (Å²) in [6.07, 6.45) is 12.5. The summed E-state index contributed by atoms with van der Waals surface area (Å²) in [6.45, 7) is 2.74. The lowest BCUT2D eigenvalue weighted by atomic mass is 10.1. The Balaban J connectivity index is 2.09. The van der Waals surface area contributed by atoms with Crippen LogP contribution in [-0.2, 0) is 10.0 Å². The Labute approximate surface area is 148 Å². The van der Waals surface area contributed by atoms with Crippen LogP contribution in [0.5, 0.6) is 5.75 Å². The van der Waals surface area contributed by atoms with Crippen LogP contribution in [0.25, 0.3) is 0 Å². The van der Waals surface area contributed by atoms with E-state index in [0.29, 0.717) is 12.3 Å². The molecule has 138 valence electrons. The maximum atomic E-state index is 12.1. The van der Waals surface area contributed by atoms with Crippen molar-refractivity contribution < 1.29 is 13.2 Å². The number of sulfonamides is 1. The molecule has 0 aliphatic rings. The first kappa shape index (κ1) is 21.0. The van der Waals surface area contributed by atoms with Crippen LogP contribution in [-0.4, -0.2) is 22.1 Å². The fourth-order valence-corrected chi connectivity index (χ4v) is 3.73. The van der Waals surface area contributed by atoms with Crippen LogP contribution in [0, 0.1) is 0 Å². The Bertz CT molecular complexity index is 526. The van der Waals surface area contributed by atoms with Crippen molar-refractivity contribution in [1.82, 2.24) is 4.72 Å². The highest BCUT2D eigenvalue weighted by Crippen LogP contribution is 2.15. The number of benzene rings is 1. The van der Waals surface area contributed by atoms with Gasteiger partial charge in [-0.2, -0.15) is 0 Å². The minimum atomic E-state index is -3.40. The molecule has 0 unspecified atom stereocenters. The summed E-state index contributed by atoms with van der Waals surface area (Å²) in [5.41, 5.74) is 0. The van der Waals surface area contributed by atoms with Crippen LogP contribution in [0.1, 0.15) is 71.1 Å². The number of hydrogen-bond acceptors (Lipinski definition) is 3. The van der Waals surface area contributed by atoms with Crippen LogP contribution >= 0.6 is 0 Å². The fraction of sp³-hybridized carbons (Fsp3) is 0.684. The van der Waals surface area contributed by atoms with E-state index < -0.39 is 10.0 Å². The van der Waals surface area contributed by atoms with Crippen LogP contribution in [0.4, 0.5) is 0 Å². The second kappa shape index (κ2) is 12.3. The molecule has 0 saturated heterocycles. The monoisotopic (exact) mass is 355 g/mol. The lowest BCUT2D eigenvalue weighted by molar-refractivity contribution is 0.414. The van der Waals surface area contributed by atoms with E-state index in [0.717, 1.165) is 12.8 Å². The summed E-state index contributed by atoms with van der Waals surface area (Å²) in [5, 5.41) is 0. The van der Waals surface area contributed by atoms with E-state index in [2.05, 4.69) is 11.6 Å². The van der Waals surface area contributed by atoms with Gasteiger partial charge in [-0.25, -0.2) is 13.1 Å². The van der Waals surface area contributed by atoms with Crippen molar-refractivity contribution in [2.45, 2.75) is 76.0 Å². The quantitative estimate of drug-likeness (QED) is 0.483. The van der Waals surface area contributed by atoms with Gasteiger partial charge >= 0.3 is 0 Å². The zero-order valence-electron chi connectivity index (χ0n) is 15.2. The zero-order valence-corrected chi connectivity index (χ0v) is 16.0. The molecule has 0 fully saturated rings. The number of nitrogens with one attached hydrogen (secondary N) is 1. The maximum Gasteiger partial charge on any atom is 0.240 e. The molecule has 0 spiro atoms. The lowest BCUT2D eigenvalue weighted by Crippen LogP contribution is -2.24. The molecule has 0 aromatic heterocycles. The Morgan fingerprint density at radius 2 is 1.33 bits per heavy atom. The van der Waals surface area contributed by atoms with Crippen molar-refractivity contribution >= 4 is 10.0 Å². The van der Waals surface area contributed by atoms with Crippen LogP contribution in [0.2, 0.25) is 0 Å². The van der Waals surface area contributed by atoms with E-state index >= 15 is 0 Å². The third-order valence-electron chi connectivity index (χ3n) is 4.19. The van der Waals surface area contributed by atoms with E-state index in [1.54, 1.807) is 31.4 Å². The van der Waals surface area contributed by atoms with Crippen LogP contribution < -0.4 is 9.46 Å². The smallest absolute Gasteiger partial charge is 0.240 e. The first-order chi connectivity index (χ1) is 11.6. The van der Waals surface area contributed by atoms with Gasteiger partial charge < -0.3 is 4.74 Å². The molecule has 4 nitrogen and oxygen atoms in total. The molecule has 1 aromatic rings. The number of hydrogen-bond donors (Lipinski definition) is 1. The molecule has 0 aliphatic heterocycles. The predicted molar refractivity (Wildman–Crippen MR) is 100 cm³/mol. The molecule has 5 heteroatoms. The van der Waals surface area contributed by atoms with Crippen LogP contribution in [0.15, 0.2) is 29.2 Å². The predicted octanol–water partition coefficient (Wildman–Crippen LogP) is 4.89. The normalized spacial score (nSPS) is 11.6. The SMILES string of the molecule is CCCCCCCCCCCCNS(=O)(=O)c1ccc(OC)cc1. The number of ether oxygens (including phenoxy) is 1. The third kappa shape index (κ3) is 8.69. The highest BCUT2D eigenvalue weighted by Gasteiger charge is 2.12. The van der Waals surface area contributed by atoms with Gasteiger partial charge in [0.2, 0.25) is 10.0 Å². The number of methoxy groups -OCH3 is 1.